The minimum atomic E-state index is -0.488. The van der Waals surface area contributed by atoms with Crippen LogP contribution in [0.25, 0.3) is 0 Å². The molecule has 7 heteroatoms. The van der Waals surface area contributed by atoms with Gasteiger partial charge in [0.1, 0.15) is 11.6 Å². The van der Waals surface area contributed by atoms with Gasteiger partial charge in [-0.2, -0.15) is 0 Å². The van der Waals surface area contributed by atoms with Crippen molar-refractivity contribution in [2.24, 2.45) is 0 Å². The summed E-state index contributed by atoms with van der Waals surface area (Å²) in [5.74, 6) is -0.619. The molecule has 0 saturated heterocycles. The Morgan fingerprint density at radius 2 is 1.88 bits per heavy atom. The van der Waals surface area contributed by atoms with Gasteiger partial charge in [0.25, 0.3) is 11.8 Å². The van der Waals surface area contributed by atoms with Gasteiger partial charge in [-0.1, -0.05) is 0 Å². The van der Waals surface area contributed by atoms with Gasteiger partial charge in [-0.15, -0.1) is 0 Å². The van der Waals surface area contributed by atoms with Crippen molar-refractivity contribution in [2.45, 2.75) is 6.92 Å². The minimum Gasteiger partial charge on any atom is -0.484 e. The van der Waals surface area contributed by atoms with Crippen LogP contribution in [-0.2, 0) is 4.79 Å². The molecule has 0 aliphatic carbocycles. The van der Waals surface area contributed by atoms with Crippen LogP contribution in [0.4, 0.5) is 10.1 Å². The molecule has 0 aliphatic rings. The molecule has 2 aromatic rings. The van der Waals surface area contributed by atoms with Crippen LogP contribution in [0.5, 0.6) is 5.75 Å². The number of halogens is 2. The van der Waals surface area contributed by atoms with E-state index in [4.69, 9.17) is 4.74 Å². The van der Waals surface area contributed by atoms with Crippen LogP contribution in [0, 0.1) is 5.82 Å². The molecule has 0 unspecified atom stereocenters. The van der Waals surface area contributed by atoms with E-state index in [1.54, 1.807) is 24.3 Å². The number of ether oxygens (including phenoxy) is 1. The van der Waals surface area contributed by atoms with E-state index < -0.39 is 11.7 Å². The number of carbonyl (C=O) groups excluding carboxylic acids is 2. The highest BCUT2D eigenvalue weighted by molar-refractivity contribution is 9.10. The molecule has 0 saturated carbocycles. The summed E-state index contributed by atoms with van der Waals surface area (Å²) in [5.41, 5.74) is 0.730. The van der Waals surface area contributed by atoms with Crippen molar-refractivity contribution in [3.63, 3.8) is 0 Å². The zero-order valence-corrected chi connectivity index (χ0v) is 14.5. The average molecular weight is 395 g/mol. The number of amides is 2. The maximum Gasteiger partial charge on any atom is 0.257 e. The van der Waals surface area contributed by atoms with Crippen LogP contribution < -0.4 is 15.4 Å². The number of carbonyl (C=O) groups is 2. The predicted octanol–water partition coefficient (Wildman–Crippen LogP) is 3.36. The highest BCUT2D eigenvalue weighted by Crippen LogP contribution is 2.21. The molecule has 0 heterocycles. The largest absolute Gasteiger partial charge is 0.484 e. The van der Waals surface area contributed by atoms with Crippen LogP contribution in [0.2, 0.25) is 0 Å². The first-order valence-electron chi connectivity index (χ1n) is 7.25. The second-order valence-corrected chi connectivity index (χ2v) is 5.70. The monoisotopic (exact) mass is 394 g/mol. The molecule has 0 aliphatic heterocycles. The number of likely N-dealkylation sites (N-methyl/N-ethyl adjacent to an activating group) is 1. The Bertz CT molecular complexity index is 735. The summed E-state index contributed by atoms with van der Waals surface area (Å²) in [5, 5.41) is 5.29. The lowest BCUT2D eigenvalue weighted by atomic mass is 10.2. The lowest BCUT2D eigenvalue weighted by Crippen LogP contribution is -2.28. The molecular weight excluding hydrogens is 379 g/mol. The molecule has 24 heavy (non-hydrogen) atoms. The standard InChI is InChI=1S/C17H16BrFN2O3/c1-2-20-16(22)10-24-13-6-4-12(5-7-13)21-17(23)14-9-11(19)3-8-15(14)18/h3-9H,2,10H2,1H3,(H,20,22)(H,21,23). The van der Waals surface area contributed by atoms with Crippen molar-refractivity contribution < 1.29 is 18.7 Å². The molecule has 2 aromatic carbocycles. The fourth-order valence-electron chi connectivity index (χ4n) is 1.90. The van der Waals surface area contributed by atoms with Crippen molar-refractivity contribution in [2.75, 3.05) is 18.5 Å². The van der Waals surface area contributed by atoms with E-state index in [1.807, 2.05) is 6.92 Å². The van der Waals surface area contributed by atoms with Crippen molar-refractivity contribution in [3.05, 3.63) is 58.3 Å². The normalized spacial score (nSPS) is 10.1. The maximum atomic E-state index is 13.3. The zero-order valence-electron chi connectivity index (χ0n) is 12.9. The third kappa shape index (κ3) is 5.06. The molecule has 5 nitrogen and oxygen atoms in total. The average Bonchev–Trinajstić information content (AvgIpc) is 2.56. The maximum absolute atomic E-state index is 13.3. The van der Waals surface area contributed by atoms with E-state index in [9.17, 15) is 14.0 Å². The van der Waals surface area contributed by atoms with Gasteiger partial charge in [-0.3, -0.25) is 9.59 Å². The Morgan fingerprint density at radius 3 is 2.54 bits per heavy atom. The van der Waals surface area contributed by atoms with Gasteiger partial charge in [0.05, 0.1) is 5.56 Å². The van der Waals surface area contributed by atoms with Crippen LogP contribution in [0.1, 0.15) is 17.3 Å². The number of nitrogens with one attached hydrogen (secondary N) is 2. The Labute approximate surface area is 147 Å². The molecule has 0 spiro atoms. The summed E-state index contributed by atoms with van der Waals surface area (Å²) in [7, 11) is 0. The Morgan fingerprint density at radius 1 is 1.17 bits per heavy atom. The topological polar surface area (TPSA) is 67.4 Å². The van der Waals surface area contributed by atoms with Gasteiger partial charge >= 0.3 is 0 Å². The molecule has 126 valence electrons. The van der Waals surface area contributed by atoms with Crippen molar-refractivity contribution in [3.8, 4) is 5.75 Å². The van der Waals surface area contributed by atoms with Crippen molar-refractivity contribution >= 4 is 33.4 Å². The van der Waals surface area contributed by atoms with E-state index in [0.717, 1.165) is 6.07 Å². The second-order valence-electron chi connectivity index (χ2n) is 4.84. The van der Waals surface area contributed by atoms with Crippen LogP contribution in [0.15, 0.2) is 46.9 Å². The molecule has 0 aromatic heterocycles. The number of hydrogen-bond acceptors (Lipinski definition) is 3. The fraction of sp³-hybridized carbons (Fsp3) is 0.176. The first-order chi connectivity index (χ1) is 11.5. The molecule has 2 N–H and O–H groups in total. The first-order valence-corrected chi connectivity index (χ1v) is 8.05. The van der Waals surface area contributed by atoms with Crippen molar-refractivity contribution in [1.29, 1.82) is 0 Å². The summed E-state index contributed by atoms with van der Waals surface area (Å²) in [4.78, 5) is 23.5. The van der Waals surface area contributed by atoms with Crippen molar-refractivity contribution in [1.82, 2.24) is 5.32 Å². The SMILES string of the molecule is CCNC(=O)COc1ccc(NC(=O)c2cc(F)ccc2Br)cc1. The Balaban J connectivity index is 1.97. The molecule has 2 rings (SSSR count). The minimum absolute atomic E-state index is 0.0736. The van der Waals surface area contributed by atoms with E-state index >= 15 is 0 Å². The van der Waals surface area contributed by atoms with Gasteiger partial charge in [-0.25, -0.2) is 4.39 Å². The lowest BCUT2D eigenvalue weighted by Gasteiger charge is -2.09. The highest BCUT2D eigenvalue weighted by atomic mass is 79.9. The summed E-state index contributed by atoms with van der Waals surface area (Å²) in [6.45, 7) is 2.30. The third-order valence-corrected chi connectivity index (χ3v) is 3.72. The Kier molecular flexibility index (Phi) is 6.31. The van der Waals surface area contributed by atoms with E-state index in [1.165, 1.54) is 12.1 Å². The fourth-order valence-corrected chi connectivity index (χ4v) is 2.33. The molecule has 0 atom stereocenters. The number of benzene rings is 2. The smallest absolute Gasteiger partial charge is 0.257 e. The molecule has 0 radical (unpaired) electrons. The highest BCUT2D eigenvalue weighted by Gasteiger charge is 2.11. The molecule has 0 fully saturated rings. The van der Waals surface area contributed by atoms with Crippen LogP contribution in [-0.4, -0.2) is 25.0 Å². The quantitative estimate of drug-likeness (QED) is 0.789. The summed E-state index contributed by atoms with van der Waals surface area (Å²) < 4.78 is 19.1. The summed E-state index contributed by atoms with van der Waals surface area (Å²) >= 11 is 3.22. The van der Waals surface area contributed by atoms with Crippen LogP contribution in [0.3, 0.4) is 0 Å². The lowest BCUT2D eigenvalue weighted by molar-refractivity contribution is -0.122. The summed E-state index contributed by atoms with van der Waals surface area (Å²) in [6, 6.07) is 10.4. The van der Waals surface area contributed by atoms with Crippen LogP contribution >= 0.6 is 15.9 Å². The number of hydrogen-bond donors (Lipinski definition) is 2. The van der Waals surface area contributed by atoms with E-state index in [0.29, 0.717) is 22.5 Å². The van der Waals surface area contributed by atoms with E-state index in [-0.39, 0.29) is 18.1 Å². The van der Waals surface area contributed by atoms with Gasteiger partial charge in [0.15, 0.2) is 6.61 Å². The first kappa shape index (κ1) is 17.9. The number of rotatable bonds is 6. The summed E-state index contributed by atoms with van der Waals surface area (Å²) in [6.07, 6.45) is 0. The second kappa shape index (κ2) is 8.44. The molecule has 2 amide bonds. The predicted molar refractivity (Wildman–Crippen MR) is 92.7 cm³/mol. The Hall–Kier alpha value is -2.41. The molecular formula is C17H16BrFN2O3. The molecule has 0 bridgehead atoms. The zero-order chi connectivity index (χ0) is 17.5. The van der Waals surface area contributed by atoms with Gasteiger partial charge < -0.3 is 15.4 Å². The van der Waals surface area contributed by atoms with Gasteiger partial charge in [-0.05, 0) is 65.3 Å². The van der Waals surface area contributed by atoms with E-state index in [2.05, 4.69) is 26.6 Å². The number of anilines is 1. The van der Waals surface area contributed by atoms with Gasteiger partial charge in [0, 0.05) is 16.7 Å². The van der Waals surface area contributed by atoms with Gasteiger partial charge in [0.2, 0.25) is 0 Å². The third-order valence-electron chi connectivity index (χ3n) is 3.03.